The molecule has 0 bridgehead atoms. The Labute approximate surface area is 73.4 Å². The second-order valence-corrected chi connectivity index (χ2v) is 2.65. The fourth-order valence-electron chi connectivity index (χ4n) is 0.783. The number of nitrogens with two attached hydrogens (primary N) is 3. The molecule has 0 aliphatic carbocycles. The first-order valence-electron chi connectivity index (χ1n) is 4.11. The standard InChI is InChI=1S/C6H20N6/c1-6(9)4-12(11-5-8)10-3-2-7/h6,10-11H,2-5,7-9H2,1H3. The molecule has 0 aliphatic heterocycles. The maximum atomic E-state index is 5.60. The van der Waals surface area contributed by atoms with Crippen LogP contribution in [0.4, 0.5) is 0 Å². The van der Waals surface area contributed by atoms with E-state index in [0.717, 1.165) is 0 Å². The smallest absolute Gasteiger partial charge is 0.0580 e. The number of hydrogen-bond acceptors (Lipinski definition) is 6. The maximum Gasteiger partial charge on any atom is 0.0580 e. The highest BCUT2D eigenvalue weighted by molar-refractivity contribution is 4.56. The van der Waals surface area contributed by atoms with E-state index in [9.17, 15) is 0 Å². The van der Waals surface area contributed by atoms with Crippen molar-refractivity contribution in [2.24, 2.45) is 17.2 Å². The molecular weight excluding hydrogens is 156 g/mol. The largest absolute Gasteiger partial charge is 0.329 e. The second-order valence-electron chi connectivity index (χ2n) is 2.65. The molecule has 0 spiro atoms. The maximum absolute atomic E-state index is 5.60. The molecule has 0 rings (SSSR count). The van der Waals surface area contributed by atoms with Gasteiger partial charge in [0.15, 0.2) is 0 Å². The molecule has 74 valence electrons. The Balaban J connectivity index is 3.54. The van der Waals surface area contributed by atoms with E-state index < -0.39 is 0 Å². The van der Waals surface area contributed by atoms with Gasteiger partial charge in [0.05, 0.1) is 6.67 Å². The summed E-state index contributed by atoms with van der Waals surface area (Å²) in [5.41, 5.74) is 22.2. The molecule has 8 N–H and O–H groups in total. The van der Waals surface area contributed by atoms with Crippen molar-refractivity contribution in [2.45, 2.75) is 13.0 Å². The van der Waals surface area contributed by atoms with Crippen molar-refractivity contribution in [3.63, 3.8) is 0 Å². The summed E-state index contributed by atoms with van der Waals surface area (Å²) in [6.07, 6.45) is 0. The van der Waals surface area contributed by atoms with Gasteiger partial charge in [0.2, 0.25) is 0 Å². The summed E-state index contributed by atoms with van der Waals surface area (Å²) in [5.74, 6) is 0. The van der Waals surface area contributed by atoms with Crippen molar-refractivity contribution in [1.82, 2.24) is 16.0 Å². The Morgan fingerprint density at radius 1 is 1.33 bits per heavy atom. The van der Waals surface area contributed by atoms with Gasteiger partial charge in [-0.2, -0.15) is 5.12 Å². The monoisotopic (exact) mass is 176 g/mol. The Bertz CT molecular complexity index is 96.0. The van der Waals surface area contributed by atoms with Crippen LogP contribution in [-0.2, 0) is 0 Å². The number of hydrazine groups is 2. The van der Waals surface area contributed by atoms with Crippen molar-refractivity contribution in [2.75, 3.05) is 26.3 Å². The van der Waals surface area contributed by atoms with Crippen LogP contribution in [-0.4, -0.2) is 37.5 Å². The van der Waals surface area contributed by atoms with Crippen molar-refractivity contribution in [3.8, 4) is 0 Å². The van der Waals surface area contributed by atoms with E-state index in [1.807, 2.05) is 6.92 Å². The van der Waals surface area contributed by atoms with Crippen LogP contribution in [0.25, 0.3) is 0 Å². The highest BCUT2D eigenvalue weighted by atomic mass is 15.7. The Morgan fingerprint density at radius 2 is 2.00 bits per heavy atom. The van der Waals surface area contributed by atoms with Crippen LogP contribution in [0.15, 0.2) is 0 Å². The first kappa shape index (κ1) is 11.8. The molecule has 0 heterocycles. The third kappa shape index (κ3) is 6.47. The van der Waals surface area contributed by atoms with Gasteiger partial charge in [-0.05, 0) is 6.92 Å². The summed E-state index contributed by atoms with van der Waals surface area (Å²) < 4.78 is 0. The lowest BCUT2D eigenvalue weighted by molar-refractivity contribution is 0.111. The average Bonchev–Trinajstić information content (AvgIpc) is 2.00. The van der Waals surface area contributed by atoms with Gasteiger partial charge in [-0.25, -0.2) is 10.9 Å². The van der Waals surface area contributed by atoms with Crippen molar-refractivity contribution in [1.29, 1.82) is 0 Å². The molecule has 0 saturated heterocycles. The molecule has 0 aromatic rings. The molecule has 0 aliphatic rings. The molecule has 6 heteroatoms. The lowest BCUT2D eigenvalue weighted by Gasteiger charge is -2.24. The normalized spacial score (nSPS) is 13.8. The Kier molecular flexibility index (Phi) is 7.26. The molecule has 0 fully saturated rings. The van der Waals surface area contributed by atoms with E-state index in [1.165, 1.54) is 0 Å². The molecule has 1 atom stereocenters. The van der Waals surface area contributed by atoms with Crippen molar-refractivity contribution >= 4 is 0 Å². The molecule has 1 unspecified atom stereocenters. The quantitative estimate of drug-likeness (QED) is 0.217. The number of nitrogens with one attached hydrogen (secondary N) is 2. The van der Waals surface area contributed by atoms with Gasteiger partial charge in [0, 0.05) is 25.7 Å². The highest BCUT2D eigenvalue weighted by Gasteiger charge is 2.03. The lowest BCUT2D eigenvalue weighted by Crippen LogP contribution is -2.54. The molecule has 0 amide bonds. The third-order valence-corrected chi connectivity index (χ3v) is 1.20. The van der Waals surface area contributed by atoms with E-state index in [2.05, 4.69) is 10.9 Å². The lowest BCUT2D eigenvalue weighted by atomic mass is 10.4. The third-order valence-electron chi connectivity index (χ3n) is 1.20. The summed E-state index contributed by atoms with van der Waals surface area (Å²) in [6, 6.07) is 0.0920. The fourth-order valence-corrected chi connectivity index (χ4v) is 0.783. The van der Waals surface area contributed by atoms with E-state index in [0.29, 0.717) is 26.3 Å². The zero-order chi connectivity index (χ0) is 9.40. The van der Waals surface area contributed by atoms with E-state index in [1.54, 1.807) is 5.12 Å². The van der Waals surface area contributed by atoms with E-state index >= 15 is 0 Å². The minimum atomic E-state index is 0.0920. The predicted molar refractivity (Wildman–Crippen MR) is 49.6 cm³/mol. The number of nitrogens with zero attached hydrogens (tertiary/aromatic N) is 1. The van der Waals surface area contributed by atoms with Gasteiger partial charge in [-0.3, -0.25) is 0 Å². The van der Waals surface area contributed by atoms with Gasteiger partial charge in [-0.15, -0.1) is 0 Å². The van der Waals surface area contributed by atoms with Crippen LogP contribution in [0, 0.1) is 0 Å². The first-order chi connectivity index (χ1) is 5.70. The topological polar surface area (TPSA) is 105 Å². The number of hydrogen-bond donors (Lipinski definition) is 5. The van der Waals surface area contributed by atoms with Gasteiger partial charge in [0.25, 0.3) is 0 Å². The van der Waals surface area contributed by atoms with Crippen LogP contribution in [0.5, 0.6) is 0 Å². The molecule has 0 saturated carbocycles. The molecule has 6 nitrogen and oxygen atoms in total. The zero-order valence-corrected chi connectivity index (χ0v) is 7.59. The van der Waals surface area contributed by atoms with Crippen LogP contribution in [0.1, 0.15) is 6.92 Å². The van der Waals surface area contributed by atoms with Crippen LogP contribution >= 0.6 is 0 Å². The minimum Gasteiger partial charge on any atom is -0.329 e. The van der Waals surface area contributed by atoms with Crippen molar-refractivity contribution in [3.05, 3.63) is 0 Å². The summed E-state index contributed by atoms with van der Waals surface area (Å²) >= 11 is 0. The number of rotatable bonds is 7. The first-order valence-corrected chi connectivity index (χ1v) is 4.11. The SMILES string of the molecule is CC(N)CN(NCN)NCCN. The molecule has 0 aromatic heterocycles. The average molecular weight is 176 g/mol. The van der Waals surface area contributed by atoms with Crippen LogP contribution < -0.4 is 28.1 Å². The Hall–Kier alpha value is -0.240. The van der Waals surface area contributed by atoms with Crippen LogP contribution in [0.3, 0.4) is 0 Å². The van der Waals surface area contributed by atoms with Gasteiger partial charge in [-0.1, -0.05) is 0 Å². The fraction of sp³-hybridized carbons (Fsp3) is 1.00. The second kappa shape index (κ2) is 7.41. The van der Waals surface area contributed by atoms with Gasteiger partial charge < -0.3 is 17.2 Å². The highest BCUT2D eigenvalue weighted by Crippen LogP contribution is 1.79. The zero-order valence-electron chi connectivity index (χ0n) is 7.59. The minimum absolute atomic E-state index is 0.0920. The van der Waals surface area contributed by atoms with Crippen molar-refractivity contribution < 1.29 is 0 Å². The van der Waals surface area contributed by atoms with E-state index in [4.69, 9.17) is 17.2 Å². The van der Waals surface area contributed by atoms with Gasteiger partial charge >= 0.3 is 0 Å². The summed E-state index contributed by atoms with van der Waals surface area (Å²) in [4.78, 5) is 0. The Morgan fingerprint density at radius 3 is 2.42 bits per heavy atom. The summed E-state index contributed by atoms with van der Waals surface area (Å²) in [5, 5.41) is 1.76. The van der Waals surface area contributed by atoms with Crippen LogP contribution in [0.2, 0.25) is 0 Å². The predicted octanol–water partition coefficient (Wildman–Crippen LogP) is -2.48. The summed E-state index contributed by atoms with van der Waals surface area (Å²) in [7, 11) is 0. The summed E-state index contributed by atoms with van der Waals surface area (Å²) in [6.45, 7) is 4.29. The molecule has 0 aromatic carbocycles. The molecule has 0 radical (unpaired) electrons. The molecule has 12 heavy (non-hydrogen) atoms. The molecular formula is C6H20N6. The van der Waals surface area contributed by atoms with Gasteiger partial charge in [0.1, 0.15) is 0 Å². The van der Waals surface area contributed by atoms with E-state index in [-0.39, 0.29) is 6.04 Å².